The number of halogens is 1. The highest BCUT2D eigenvalue weighted by Crippen LogP contribution is 2.36. The van der Waals surface area contributed by atoms with Crippen molar-refractivity contribution in [3.05, 3.63) is 16.0 Å². The fraction of sp³-hybridized carbons (Fsp3) is 0.583. The van der Waals surface area contributed by atoms with Crippen molar-refractivity contribution in [3.8, 4) is 6.07 Å². The van der Waals surface area contributed by atoms with Gasteiger partial charge in [-0.1, -0.05) is 18.5 Å². The Hall–Kier alpha value is -0.720. The zero-order chi connectivity index (χ0) is 11.5. The van der Waals surface area contributed by atoms with Crippen molar-refractivity contribution >= 4 is 27.9 Å². The molecule has 1 aliphatic rings. The van der Waals surface area contributed by atoms with Crippen molar-refractivity contribution < 1.29 is 0 Å². The highest BCUT2D eigenvalue weighted by Gasteiger charge is 2.25. The van der Waals surface area contributed by atoms with Crippen LogP contribution >= 0.6 is 22.9 Å². The van der Waals surface area contributed by atoms with Gasteiger partial charge in [0.2, 0.25) is 0 Å². The number of anilines is 1. The molecule has 0 atom stereocenters. The van der Waals surface area contributed by atoms with Crippen LogP contribution in [-0.2, 0) is 0 Å². The molecule has 4 heteroatoms. The molecule has 2 nitrogen and oxygen atoms in total. The lowest BCUT2D eigenvalue weighted by atomic mass is 10.3. The number of nitrogens with zero attached hydrogens (tertiary/aromatic N) is 2. The minimum absolute atomic E-state index is 0.597. The number of thiophene rings is 1. The molecular formula is C12H15ClN2S. The van der Waals surface area contributed by atoms with Gasteiger partial charge in [0, 0.05) is 13.1 Å². The molecule has 1 saturated carbocycles. The predicted molar refractivity (Wildman–Crippen MR) is 69.3 cm³/mol. The summed E-state index contributed by atoms with van der Waals surface area (Å²) in [7, 11) is 0. The summed E-state index contributed by atoms with van der Waals surface area (Å²) in [5.41, 5.74) is 0. The molecule has 0 aromatic carbocycles. The first kappa shape index (κ1) is 11.8. The summed E-state index contributed by atoms with van der Waals surface area (Å²) in [4.78, 5) is 3.00. The molecule has 1 aromatic heterocycles. The van der Waals surface area contributed by atoms with Gasteiger partial charge in [0.1, 0.15) is 10.9 Å². The summed E-state index contributed by atoms with van der Waals surface area (Å²) in [5.74, 6) is 0.859. The zero-order valence-corrected chi connectivity index (χ0v) is 10.9. The Labute approximate surface area is 105 Å². The minimum Gasteiger partial charge on any atom is -0.363 e. The molecule has 0 saturated heterocycles. The summed E-state index contributed by atoms with van der Waals surface area (Å²) < 4.78 is 0. The third kappa shape index (κ3) is 2.69. The van der Waals surface area contributed by atoms with E-state index in [0.717, 1.165) is 30.4 Å². The third-order valence-corrected chi connectivity index (χ3v) is 4.27. The van der Waals surface area contributed by atoms with Gasteiger partial charge in [-0.25, -0.2) is 0 Å². The van der Waals surface area contributed by atoms with E-state index in [9.17, 15) is 0 Å². The first-order chi connectivity index (χ1) is 7.74. The fourth-order valence-electron chi connectivity index (χ4n) is 1.76. The maximum Gasteiger partial charge on any atom is 0.125 e. The summed E-state index contributed by atoms with van der Waals surface area (Å²) in [6.07, 6.45) is 3.83. The lowest BCUT2D eigenvalue weighted by molar-refractivity contribution is 0.713. The van der Waals surface area contributed by atoms with Gasteiger partial charge in [0.05, 0.1) is 10.0 Å². The molecule has 86 valence electrons. The highest BCUT2D eigenvalue weighted by atomic mass is 35.5. The summed E-state index contributed by atoms with van der Waals surface area (Å²) in [6, 6.07) is 4.07. The largest absolute Gasteiger partial charge is 0.363 e. The van der Waals surface area contributed by atoms with Crippen molar-refractivity contribution in [2.75, 3.05) is 18.0 Å². The Morgan fingerprint density at radius 1 is 1.62 bits per heavy atom. The van der Waals surface area contributed by atoms with Crippen LogP contribution < -0.4 is 4.90 Å². The van der Waals surface area contributed by atoms with Crippen molar-refractivity contribution in [1.29, 1.82) is 5.26 Å². The first-order valence-electron chi connectivity index (χ1n) is 5.69. The Bertz CT molecular complexity index is 404. The van der Waals surface area contributed by atoms with E-state index in [0.29, 0.717) is 9.90 Å². The van der Waals surface area contributed by atoms with Crippen LogP contribution in [0, 0.1) is 17.2 Å². The zero-order valence-electron chi connectivity index (χ0n) is 9.37. The highest BCUT2D eigenvalue weighted by molar-refractivity contribution is 7.17. The standard InChI is InChI=1S/C12H15ClN2S/c1-2-5-15(8-9-3-4-9)12-6-10(13)11(7-14)16-12/h6,9H,2-5,8H2,1H3. The maximum absolute atomic E-state index is 8.90. The van der Waals surface area contributed by atoms with Crippen LogP contribution in [0.5, 0.6) is 0 Å². The Morgan fingerprint density at radius 3 is 2.88 bits per heavy atom. The second kappa shape index (κ2) is 5.07. The molecule has 0 amide bonds. The summed E-state index contributed by atoms with van der Waals surface area (Å²) >= 11 is 7.51. The molecule has 16 heavy (non-hydrogen) atoms. The quantitative estimate of drug-likeness (QED) is 0.797. The van der Waals surface area contributed by atoms with Crippen LogP contribution in [0.25, 0.3) is 0 Å². The van der Waals surface area contributed by atoms with E-state index in [1.54, 1.807) is 0 Å². The number of nitriles is 1. The fourth-order valence-corrected chi connectivity index (χ4v) is 2.97. The van der Waals surface area contributed by atoms with Crippen LogP contribution in [0.15, 0.2) is 6.07 Å². The number of hydrogen-bond acceptors (Lipinski definition) is 3. The summed E-state index contributed by atoms with van der Waals surface area (Å²) in [6.45, 7) is 4.36. The second-order valence-corrected chi connectivity index (χ2v) is 5.70. The molecule has 0 bridgehead atoms. The van der Waals surface area contributed by atoms with Crippen molar-refractivity contribution in [3.63, 3.8) is 0 Å². The first-order valence-corrected chi connectivity index (χ1v) is 6.88. The lowest BCUT2D eigenvalue weighted by Gasteiger charge is -2.21. The van der Waals surface area contributed by atoms with Gasteiger partial charge in [0.15, 0.2) is 0 Å². The van der Waals surface area contributed by atoms with Crippen LogP contribution in [-0.4, -0.2) is 13.1 Å². The normalized spacial score (nSPS) is 14.8. The van der Waals surface area contributed by atoms with Gasteiger partial charge in [-0.05, 0) is 31.2 Å². The minimum atomic E-state index is 0.597. The molecule has 1 heterocycles. The topological polar surface area (TPSA) is 27.0 Å². The molecule has 1 aliphatic carbocycles. The van der Waals surface area contributed by atoms with E-state index < -0.39 is 0 Å². The van der Waals surface area contributed by atoms with E-state index in [4.69, 9.17) is 16.9 Å². The van der Waals surface area contributed by atoms with Gasteiger partial charge in [0.25, 0.3) is 0 Å². The molecular weight excluding hydrogens is 240 g/mol. The summed E-state index contributed by atoms with van der Waals surface area (Å²) in [5, 5.41) is 10.6. The van der Waals surface area contributed by atoms with Gasteiger partial charge in [-0.2, -0.15) is 5.26 Å². The van der Waals surface area contributed by atoms with Gasteiger partial charge in [-0.3, -0.25) is 0 Å². The number of rotatable bonds is 5. The van der Waals surface area contributed by atoms with Gasteiger partial charge in [-0.15, -0.1) is 11.3 Å². The molecule has 0 aliphatic heterocycles. The van der Waals surface area contributed by atoms with Crippen molar-refractivity contribution in [1.82, 2.24) is 0 Å². The van der Waals surface area contributed by atoms with Crippen LogP contribution in [0.2, 0.25) is 5.02 Å². The van der Waals surface area contributed by atoms with Crippen molar-refractivity contribution in [2.45, 2.75) is 26.2 Å². The third-order valence-electron chi connectivity index (χ3n) is 2.76. The van der Waals surface area contributed by atoms with Crippen LogP contribution in [0.1, 0.15) is 31.1 Å². The molecule has 2 rings (SSSR count). The predicted octanol–water partition coefficient (Wildman–Crippen LogP) is 3.90. The second-order valence-electron chi connectivity index (χ2n) is 4.26. The van der Waals surface area contributed by atoms with Crippen LogP contribution in [0.4, 0.5) is 5.00 Å². The maximum atomic E-state index is 8.90. The van der Waals surface area contributed by atoms with Crippen LogP contribution in [0.3, 0.4) is 0 Å². The monoisotopic (exact) mass is 254 g/mol. The Kier molecular flexibility index (Phi) is 3.73. The average molecular weight is 255 g/mol. The van der Waals surface area contributed by atoms with E-state index in [1.165, 1.54) is 24.2 Å². The molecule has 0 unspecified atom stereocenters. The van der Waals surface area contributed by atoms with E-state index in [1.807, 2.05) is 6.07 Å². The van der Waals surface area contributed by atoms with Gasteiger partial charge < -0.3 is 4.90 Å². The average Bonchev–Trinajstić information content (AvgIpc) is 3.00. The van der Waals surface area contributed by atoms with E-state index in [2.05, 4.69) is 17.9 Å². The van der Waals surface area contributed by atoms with E-state index in [-0.39, 0.29) is 0 Å². The molecule has 0 radical (unpaired) electrons. The smallest absolute Gasteiger partial charge is 0.125 e. The molecule has 1 aromatic rings. The number of hydrogen-bond donors (Lipinski definition) is 0. The Morgan fingerprint density at radius 2 is 2.38 bits per heavy atom. The molecule has 0 spiro atoms. The molecule has 0 N–H and O–H groups in total. The Balaban J connectivity index is 2.13. The van der Waals surface area contributed by atoms with Gasteiger partial charge >= 0.3 is 0 Å². The van der Waals surface area contributed by atoms with E-state index >= 15 is 0 Å². The SMILES string of the molecule is CCCN(CC1CC1)c1cc(Cl)c(C#N)s1. The molecule has 1 fully saturated rings. The lowest BCUT2D eigenvalue weighted by Crippen LogP contribution is -2.25. The van der Waals surface area contributed by atoms with Crippen molar-refractivity contribution in [2.24, 2.45) is 5.92 Å².